The van der Waals surface area contributed by atoms with Crippen LogP contribution in [0.5, 0.6) is 0 Å². The zero-order valence-electron chi connectivity index (χ0n) is 11.5. The van der Waals surface area contributed by atoms with Crippen LogP contribution in [0.15, 0.2) is 18.2 Å². The van der Waals surface area contributed by atoms with Crippen molar-refractivity contribution in [3.8, 4) is 0 Å². The van der Waals surface area contributed by atoms with Gasteiger partial charge in [-0.3, -0.25) is 9.59 Å². The maximum absolute atomic E-state index is 13.9. The van der Waals surface area contributed by atoms with Gasteiger partial charge in [-0.2, -0.15) is 0 Å². The quantitative estimate of drug-likeness (QED) is 0.792. The zero-order valence-corrected chi connectivity index (χ0v) is 11.5. The van der Waals surface area contributed by atoms with E-state index in [4.69, 9.17) is 5.11 Å². The Morgan fingerprint density at radius 1 is 1.29 bits per heavy atom. The highest BCUT2D eigenvalue weighted by Gasteiger charge is 2.47. The van der Waals surface area contributed by atoms with Gasteiger partial charge in [0.2, 0.25) is 5.91 Å². The molecule has 0 aliphatic heterocycles. The lowest BCUT2D eigenvalue weighted by Gasteiger charge is -2.40. The first-order chi connectivity index (χ1) is 9.95. The molecule has 0 heterocycles. The molecule has 6 heteroatoms. The van der Waals surface area contributed by atoms with Crippen molar-refractivity contribution in [2.75, 3.05) is 6.54 Å². The fourth-order valence-corrected chi connectivity index (χ4v) is 2.64. The zero-order chi connectivity index (χ0) is 15.5. The second-order valence-electron chi connectivity index (χ2n) is 5.31. The topological polar surface area (TPSA) is 66.4 Å². The number of benzene rings is 1. The number of carbonyl (C=O) groups is 2. The van der Waals surface area contributed by atoms with Crippen LogP contribution in [-0.2, 0) is 15.0 Å². The van der Waals surface area contributed by atoms with Gasteiger partial charge < -0.3 is 10.4 Å². The van der Waals surface area contributed by atoms with Crippen molar-refractivity contribution in [3.63, 3.8) is 0 Å². The summed E-state index contributed by atoms with van der Waals surface area (Å²) in [6.45, 7) is 0.232. The number of nitrogens with one attached hydrogen (secondary N) is 1. The van der Waals surface area contributed by atoms with E-state index >= 15 is 0 Å². The Kier molecular flexibility index (Phi) is 4.55. The summed E-state index contributed by atoms with van der Waals surface area (Å²) in [4.78, 5) is 22.7. The molecule has 1 aromatic carbocycles. The Morgan fingerprint density at radius 2 is 2.00 bits per heavy atom. The van der Waals surface area contributed by atoms with Crippen molar-refractivity contribution in [2.45, 2.75) is 37.5 Å². The summed E-state index contributed by atoms with van der Waals surface area (Å²) in [5, 5.41) is 11.2. The standard InChI is InChI=1S/C15H17F2NO3/c16-10-4-5-11(12(17)9-10)15(6-2-7-15)14(21)18-8-1-3-13(19)20/h4-5,9H,1-3,6-8H2,(H,18,21)(H,19,20). The molecule has 2 N–H and O–H groups in total. The predicted molar refractivity (Wildman–Crippen MR) is 71.8 cm³/mol. The average Bonchev–Trinajstić information content (AvgIpc) is 2.35. The van der Waals surface area contributed by atoms with Crippen LogP contribution in [0.4, 0.5) is 8.78 Å². The Morgan fingerprint density at radius 3 is 2.52 bits per heavy atom. The summed E-state index contributed by atoms with van der Waals surface area (Å²) < 4.78 is 26.9. The Labute approximate surface area is 121 Å². The van der Waals surface area contributed by atoms with Crippen molar-refractivity contribution in [1.82, 2.24) is 5.32 Å². The van der Waals surface area contributed by atoms with Gasteiger partial charge in [0.25, 0.3) is 0 Å². The van der Waals surface area contributed by atoms with E-state index in [1.807, 2.05) is 0 Å². The molecule has 0 unspecified atom stereocenters. The number of aliphatic carboxylic acids is 1. The van der Waals surface area contributed by atoms with Gasteiger partial charge in [-0.25, -0.2) is 8.78 Å². The Bertz CT molecular complexity index is 556. The van der Waals surface area contributed by atoms with E-state index in [9.17, 15) is 18.4 Å². The molecular formula is C15H17F2NO3. The fourth-order valence-electron chi connectivity index (χ4n) is 2.64. The molecule has 1 aliphatic carbocycles. The van der Waals surface area contributed by atoms with Crippen LogP contribution in [0.2, 0.25) is 0 Å². The molecule has 0 radical (unpaired) electrons. The molecule has 21 heavy (non-hydrogen) atoms. The first-order valence-corrected chi connectivity index (χ1v) is 6.91. The molecule has 114 valence electrons. The summed E-state index contributed by atoms with van der Waals surface area (Å²) in [5.41, 5.74) is -0.730. The van der Waals surface area contributed by atoms with E-state index in [1.165, 1.54) is 6.07 Å². The van der Waals surface area contributed by atoms with Crippen LogP contribution < -0.4 is 5.32 Å². The number of carboxylic acids is 1. The molecule has 1 aliphatic rings. The second-order valence-corrected chi connectivity index (χ2v) is 5.31. The van der Waals surface area contributed by atoms with Crippen molar-refractivity contribution in [1.29, 1.82) is 0 Å². The number of hydrogen-bond donors (Lipinski definition) is 2. The number of amides is 1. The van der Waals surface area contributed by atoms with E-state index in [0.717, 1.165) is 18.6 Å². The normalized spacial score (nSPS) is 16.1. The second kappa shape index (κ2) is 6.20. The van der Waals surface area contributed by atoms with E-state index < -0.39 is 23.0 Å². The maximum atomic E-state index is 13.9. The number of halogens is 2. The molecule has 2 rings (SSSR count). The number of hydrogen-bond acceptors (Lipinski definition) is 2. The molecule has 4 nitrogen and oxygen atoms in total. The number of carboxylic acid groups (broad SMARTS) is 1. The van der Waals surface area contributed by atoms with Gasteiger partial charge in [0, 0.05) is 24.6 Å². The first kappa shape index (κ1) is 15.4. The molecular weight excluding hydrogens is 280 g/mol. The monoisotopic (exact) mass is 297 g/mol. The minimum atomic E-state index is -0.943. The summed E-state index contributed by atoms with van der Waals surface area (Å²) in [6.07, 6.45) is 2.13. The van der Waals surface area contributed by atoms with Crippen LogP contribution in [-0.4, -0.2) is 23.5 Å². The molecule has 1 fully saturated rings. The van der Waals surface area contributed by atoms with Crippen molar-refractivity contribution in [2.24, 2.45) is 0 Å². The lowest BCUT2D eigenvalue weighted by atomic mass is 9.63. The van der Waals surface area contributed by atoms with E-state index in [1.54, 1.807) is 0 Å². The van der Waals surface area contributed by atoms with Gasteiger partial charge in [0.05, 0.1) is 5.41 Å². The van der Waals surface area contributed by atoms with E-state index in [0.29, 0.717) is 19.3 Å². The largest absolute Gasteiger partial charge is 0.481 e. The van der Waals surface area contributed by atoms with E-state index in [-0.39, 0.29) is 24.4 Å². The Hall–Kier alpha value is -1.98. The SMILES string of the molecule is O=C(O)CCCNC(=O)C1(c2ccc(F)cc2F)CCC1. The number of rotatable bonds is 6. The first-order valence-electron chi connectivity index (χ1n) is 6.91. The lowest BCUT2D eigenvalue weighted by Crippen LogP contribution is -2.50. The molecule has 0 aromatic heterocycles. The molecule has 0 spiro atoms. The van der Waals surface area contributed by atoms with Crippen LogP contribution in [0, 0.1) is 11.6 Å². The molecule has 1 saturated carbocycles. The number of carbonyl (C=O) groups excluding carboxylic acids is 1. The molecule has 0 bridgehead atoms. The van der Waals surface area contributed by atoms with Crippen molar-refractivity contribution >= 4 is 11.9 Å². The van der Waals surface area contributed by atoms with Crippen molar-refractivity contribution < 1.29 is 23.5 Å². The van der Waals surface area contributed by atoms with Gasteiger partial charge in [-0.05, 0) is 25.3 Å². The summed E-state index contributed by atoms with van der Waals surface area (Å²) >= 11 is 0. The maximum Gasteiger partial charge on any atom is 0.303 e. The minimum Gasteiger partial charge on any atom is -0.481 e. The molecule has 0 atom stereocenters. The van der Waals surface area contributed by atoms with E-state index in [2.05, 4.69) is 5.32 Å². The van der Waals surface area contributed by atoms with Gasteiger partial charge >= 0.3 is 5.97 Å². The summed E-state index contributed by atoms with van der Waals surface area (Å²) in [7, 11) is 0. The van der Waals surface area contributed by atoms with Gasteiger partial charge in [-0.15, -0.1) is 0 Å². The van der Waals surface area contributed by atoms with Crippen LogP contribution in [0.3, 0.4) is 0 Å². The molecule has 1 aromatic rings. The van der Waals surface area contributed by atoms with Crippen LogP contribution in [0.25, 0.3) is 0 Å². The van der Waals surface area contributed by atoms with Gasteiger partial charge in [0.15, 0.2) is 0 Å². The lowest BCUT2D eigenvalue weighted by molar-refractivity contribution is -0.137. The third-order valence-corrected chi connectivity index (χ3v) is 3.94. The summed E-state index contributed by atoms with van der Waals surface area (Å²) in [5.74, 6) is -2.63. The highest BCUT2D eigenvalue weighted by Crippen LogP contribution is 2.45. The van der Waals surface area contributed by atoms with Gasteiger partial charge in [-0.1, -0.05) is 12.5 Å². The van der Waals surface area contributed by atoms with Crippen LogP contribution in [0.1, 0.15) is 37.7 Å². The molecule has 0 saturated heterocycles. The highest BCUT2D eigenvalue weighted by molar-refractivity contribution is 5.89. The van der Waals surface area contributed by atoms with Gasteiger partial charge in [0.1, 0.15) is 11.6 Å². The minimum absolute atomic E-state index is 0.0296. The Balaban J connectivity index is 2.06. The smallest absolute Gasteiger partial charge is 0.303 e. The molecule has 1 amide bonds. The predicted octanol–water partition coefficient (Wildman–Crippen LogP) is 2.37. The average molecular weight is 297 g/mol. The van der Waals surface area contributed by atoms with Crippen molar-refractivity contribution in [3.05, 3.63) is 35.4 Å². The fraction of sp³-hybridized carbons (Fsp3) is 0.467. The third-order valence-electron chi connectivity index (χ3n) is 3.94. The van der Waals surface area contributed by atoms with Crippen LogP contribution >= 0.6 is 0 Å². The highest BCUT2D eigenvalue weighted by atomic mass is 19.1. The summed E-state index contributed by atoms with van der Waals surface area (Å²) in [6, 6.07) is 3.25. The third kappa shape index (κ3) is 3.20.